The van der Waals surface area contributed by atoms with Crippen LogP contribution in [0.4, 0.5) is 0 Å². The van der Waals surface area contributed by atoms with Crippen LogP contribution >= 0.6 is 11.8 Å². The Morgan fingerprint density at radius 2 is 1.90 bits per heavy atom. The van der Waals surface area contributed by atoms with Gasteiger partial charge in [-0.15, -0.1) is 11.8 Å². The summed E-state index contributed by atoms with van der Waals surface area (Å²) >= 11 is 1.53. The van der Waals surface area contributed by atoms with E-state index in [0.717, 1.165) is 15.9 Å². The second-order valence-electron chi connectivity index (χ2n) is 6.98. The molecule has 1 aromatic heterocycles. The Morgan fingerprint density at radius 1 is 1.23 bits per heavy atom. The molecule has 10 heteroatoms. The van der Waals surface area contributed by atoms with Crippen molar-refractivity contribution in [3.8, 4) is 0 Å². The lowest BCUT2D eigenvalue weighted by atomic mass is 10.2. The number of aromatic nitrogens is 2. The van der Waals surface area contributed by atoms with Gasteiger partial charge in [0.1, 0.15) is 0 Å². The van der Waals surface area contributed by atoms with E-state index in [1.54, 1.807) is 14.0 Å². The third kappa shape index (κ3) is 7.05. The maximum atomic E-state index is 12.3. The van der Waals surface area contributed by atoms with Crippen LogP contribution in [0.5, 0.6) is 0 Å². The van der Waals surface area contributed by atoms with Crippen molar-refractivity contribution in [3.63, 3.8) is 0 Å². The molecular weight excluding hydrogens is 438 g/mol. The zero-order chi connectivity index (χ0) is 23.0. The number of carbonyl (C=O) groups is 1. The summed E-state index contributed by atoms with van der Waals surface area (Å²) in [5.74, 6) is 0.334. The lowest BCUT2D eigenvalue weighted by molar-refractivity contribution is -0.117. The molecule has 2 N–H and O–H groups in total. The number of rotatable bonds is 10. The summed E-state index contributed by atoms with van der Waals surface area (Å²) in [5, 5.41) is 12.5. The molecule has 0 aliphatic rings. The highest BCUT2D eigenvalue weighted by Gasteiger charge is 2.15. The van der Waals surface area contributed by atoms with Crippen molar-refractivity contribution in [2.45, 2.75) is 18.7 Å². The standard InChI is InChI=1S/C21H27N3O5S2/c1-15-18(20(27)24(3)21(28)23(15)2)9-10-19(26)22-17(11-25)13-31(29)14-30-12-16-7-5-4-6-8-16/h4-10,17,25H,11-14H2,1-3H3,(H,22,26)/b10-9+/t17-,31?/m0/s1. The average molecular weight is 466 g/mol. The fourth-order valence-electron chi connectivity index (χ4n) is 2.81. The monoisotopic (exact) mass is 465 g/mol. The van der Waals surface area contributed by atoms with Gasteiger partial charge in [0.15, 0.2) is 0 Å². The van der Waals surface area contributed by atoms with Crippen molar-refractivity contribution in [3.05, 3.63) is 74.1 Å². The molecule has 0 radical (unpaired) electrons. The van der Waals surface area contributed by atoms with Crippen LogP contribution < -0.4 is 16.6 Å². The lowest BCUT2D eigenvalue weighted by Gasteiger charge is -2.15. The molecule has 0 fully saturated rings. The fourth-order valence-corrected chi connectivity index (χ4v) is 5.34. The molecule has 8 nitrogen and oxygen atoms in total. The second kappa shape index (κ2) is 11.8. The molecule has 2 aromatic rings. The Labute approximate surface area is 187 Å². The van der Waals surface area contributed by atoms with E-state index >= 15 is 0 Å². The van der Waals surface area contributed by atoms with E-state index in [1.165, 1.54) is 35.5 Å². The minimum atomic E-state index is -1.22. The fraction of sp³-hybridized carbons (Fsp3) is 0.381. The SMILES string of the molecule is Cc1c(/C=C/C(=O)N[C@@H](CO)CS(=O)CSCc2ccccc2)c(=O)n(C)c(=O)n1C. The molecular formula is C21H27N3O5S2. The molecule has 0 bridgehead atoms. The van der Waals surface area contributed by atoms with Crippen LogP contribution in [0, 0.1) is 6.92 Å². The van der Waals surface area contributed by atoms with Gasteiger partial charge in [0.2, 0.25) is 5.91 Å². The average Bonchev–Trinajstić information content (AvgIpc) is 2.76. The van der Waals surface area contributed by atoms with E-state index in [9.17, 15) is 23.7 Å². The summed E-state index contributed by atoms with van der Waals surface area (Å²) in [7, 11) is 1.69. The number of thioether (sulfide) groups is 1. The summed E-state index contributed by atoms with van der Waals surface area (Å²) in [6, 6.07) is 9.16. The van der Waals surface area contributed by atoms with Gasteiger partial charge in [-0.05, 0) is 18.6 Å². The van der Waals surface area contributed by atoms with Crippen molar-refractivity contribution in [1.29, 1.82) is 0 Å². The lowest BCUT2D eigenvalue weighted by Crippen LogP contribution is -2.41. The first-order valence-corrected chi connectivity index (χ1v) is 12.2. The maximum absolute atomic E-state index is 12.3. The Bertz CT molecular complexity index is 1080. The number of aliphatic hydroxyl groups is 1. The number of benzene rings is 1. The van der Waals surface area contributed by atoms with Gasteiger partial charge in [0, 0.05) is 48.2 Å². The topological polar surface area (TPSA) is 110 Å². The normalized spacial score (nSPS) is 13.3. The van der Waals surface area contributed by atoms with E-state index in [0.29, 0.717) is 10.8 Å². The first kappa shape index (κ1) is 24.8. The molecule has 31 heavy (non-hydrogen) atoms. The highest BCUT2D eigenvalue weighted by atomic mass is 32.2. The minimum absolute atomic E-state index is 0.124. The zero-order valence-electron chi connectivity index (χ0n) is 17.7. The van der Waals surface area contributed by atoms with Crippen LogP contribution in [0.2, 0.25) is 0 Å². The van der Waals surface area contributed by atoms with Gasteiger partial charge < -0.3 is 15.0 Å². The van der Waals surface area contributed by atoms with Crippen LogP contribution in [-0.2, 0) is 35.4 Å². The molecule has 168 valence electrons. The first-order chi connectivity index (χ1) is 14.7. The van der Waals surface area contributed by atoms with Crippen LogP contribution in [0.3, 0.4) is 0 Å². The maximum Gasteiger partial charge on any atom is 0.330 e. The summed E-state index contributed by atoms with van der Waals surface area (Å²) in [6.07, 6.45) is 2.51. The molecule has 1 amide bonds. The highest BCUT2D eigenvalue weighted by molar-refractivity contribution is 8.09. The number of nitrogens with one attached hydrogen (secondary N) is 1. The predicted octanol–water partition coefficient (Wildman–Crippen LogP) is 0.522. The van der Waals surface area contributed by atoms with Crippen molar-refractivity contribution >= 4 is 34.5 Å². The van der Waals surface area contributed by atoms with E-state index in [-0.39, 0.29) is 17.9 Å². The van der Waals surface area contributed by atoms with Crippen LogP contribution in [-0.4, -0.2) is 47.8 Å². The molecule has 1 aromatic carbocycles. The van der Waals surface area contributed by atoms with Crippen molar-refractivity contribution in [2.24, 2.45) is 14.1 Å². The molecule has 2 atom stereocenters. The van der Waals surface area contributed by atoms with Crippen molar-refractivity contribution in [1.82, 2.24) is 14.5 Å². The molecule has 0 saturated heterocycles. The zero-order valence-corrected chi connectivity index (χ0v) is 19.4. The number of hydrogen-bond acceptors (Lipinski definition) is 6. The quantitative estimate of drug-likeness (QED) is 0.495. The first-order valence-electron chi connectivity index (χ1n) is 9.57. The number of carbonyl (C=O) groups excluding carboxylic acids is 1. The molecule has 0 spiro atoms. The molecule has 1 heterocycles. The van der Waals surface area contributed by atoms with E-state index in [2.05, 4.69) is 5.32 Å². The van der Waals surface area contributed by atoms with Gasteiger partial charge in [0.25, 0.3) is 5.56 Å². The molecule has 2 rings (SSSR count). The number of aliphatic hydroxyl groups excluding tert-OH is 1. The molecule has 0 saturated carbocycles. The van der Waals surface area contributed by atoms with Gasteiger partial charge in [-0.25, -0.2) is 4.79 Å². The van der Waals surface area contributed by atoms with Gasteiger partial charge >= 0.3 is 5.69 Å². The number of hydrogen-bond donors (Lipinski definition) is 2. The largest absolute Gasteiger partial charge is 0.394 e. The highest BCUT2D eigenvalue weighted by Crippen LogP contribution is 2.13. The van der Waals surface area contributed by atoms with Crippen LogP contribution in [0.1, 0.15) is 16.8 Å². The van der Waals surface area contributed by atoms with E-state index in [1.807, 2.05) is 30.3 Å². The smallest absolute Gasteiger partial charge is 0.330 e. The molecule has 0 aliphatic carbocycles. The van der Waals surface area contributed by atoms with Gasteiger partial charge in [-0.3, -0.25) is 18.4 Å². The Hall–Kier alpha value is -2.43. The van der Waals surface area contributed by atoms with Crippen molar-refractivity contribution < 1.29 is 14.1 Å². The molecule has 0 aliphatic heterocycles. The van der Waals surface area contributed by atoms with Crippen LogP contribution in [0.15, 0.2) is 46.0 Å². The Balaban J connectivity index is 1.92. The number of nitrogens with zero attached hydrogens (tertiary/aromatic N) is 2. The summed E-state index contributed by atoms with van der Waals surface area (Å²) in [4.78, 5) is 36.4. The number of amides is 1. The molecule has 1 unspecified atom stereocenters. The Kier molecular flexibility index (Phi) is 9.47. The van der Waals surface area contributed by atoms with E-state index < -0.39 is 34.0 Å². The minimum Gasteiger partial charge on any atom is -0.394 e. The third-order valence-electron chi connectivity index (χ3n) is 4.68. The van der Waals surface area contributed by atoms with Gasteiger partial charge in [-0.2, -0.15) is 0 Å². The van der Waals surface area contributed by atoms with Gasteiger partial charge in [0.05, 0.1) is 23.3 Å². The third-order valence-corrected chi connectivity index (χ3v) is 7.71. The van der Waals surface area contributed by atoms with Crippen molar-refractivity contribution in [2.75, 3.05) is 17.4 Å². The predicted molar refractivity (Wildman–Crippen MR) is 125 cm³/mol. The Morgan fingerprint density at radius 3 is 2.55 bits per heavy atom. The summed E-state index contributed by atoms with van der Waals surface area (Å²) < 4.78 is 14.6. The van der Waals surface area contributed by atoms with E-state index in [4.69, 9.17) is 0 Å². The summed E-state index contributed by atoms with van der Waals surface area (Å²) in [5.41, 5.74) is 0.854. The summed E-state index contributed by atoms with van der Waals surface area (Å²) in [6.45, 7) is 1.27. The second-order valence-corrected chi connectivity index (χ2v) is 9.84. The van der Waals surface area contributed by atoms with Crippen LogP contribution in [0.25, 0.3) is 6.08 Å². The van der Waals surface area contributed by atoms with Gasteiger partial charge in [-0.1, -0.05) is 30.3 Å².